The summed E-state index contributed by atoms with van der Waals surface area (Å²) in [6, 6.07) is 23.9. The van der Waals surface area contributed by atoms with Gasteiger partial charge < -0.3 is 10.1 Å². The van der Waals surface area contributed by atoms with E-state index in [1.54, 1.807) is 33.3 Å². The number of aromatic nitrogens is 2. The van der Waals surface area contributed by atoms with Crippen LogP contribution in [-0.2, 0) is 21.9 Å². The summed E-state index contributed by atoms with van der Waals surface area (Å²) in [4.78, 5) is 13.6. The summed E-state index contributed by atoms with van der Waals surface area (Å²) < 4.78 is 35.0. The number of rotatable bonds is 8. The molecule has 2 heterocycles. The highest BCUT2D eigenvalue weighted by molar-refractivity contribution is 7.89. The number of methoxy groups -OCH3 is 1. The molecule has 3 aromatic carbocycles. The fourth-order valence-corrected chi connectivity index (χ4v) is 6.89. The SMILES string of the molecule is COc1cccc(S(=O)(=O)N2CCC(Cc3ccccc3NC(=O)Nc3cc(C(C)(C)C)nn3-c3ccc(C)cc3)CC2)c1. The standard InChI is InChI=1S/C34H41N5O4S/c1-24-13-15-27(16-14-24)39-32(23-31(37-39)34(2,3)4)36-33(40)35-30-12-7-6-9-26(30)21-25-17-19-38(20-18-25)44(41,42)29-11-8-10-28(22-29)43-5/h6-16,22-23,25H,17-21H2,1-5H3,(H2,35,36,40). The number of anilines is 2. The second-order valence-electron chi connectivity index (χ2n) is 12.4. The Balaban J connectivity index is 1.25. The maximum atomic E-state index is 13.3. The van der Waals surface area contributed by atoms with Gasteiger partial charge in [0.05, 0.1) is 23.4 Å². The van der Waals surface area contributed by atoms with Crippen molar-refractivity contribution < 1.29 is 17.9 Å². The Bertz CT molecular complexity index is 1720. The average Bonchev–Trinajstić information content (AvgIpc) is 3.43. The van der Waals surface area contributed by atoms with E-state index in [9.17, 15) is 13.2 Å². The molecular weight excluding hydrogens is 574 g/mol. The molecule has 1 saturated heterocycles. The van der Waals surface area contributed by atoms with Crippen LogP contribution in [-0.4, -0.2) is 48.7 Å². The first kappa shape index (κ1) is 31.3. The molecule has 5 rings (SSSR count). The van der Waals surface area contributed by atoms with Gasteiger partial charge in [-0.15, -0.1) is 0 Å². The van der Waals surface area contributed by atoms with E-state index in [0.717, 1.165) is 47.5 Å². The van der Waals surface area contributed by atoms with Gasteiger partial charge in [0.25, 0.3) is 0 Å². The fraction of sp³-hybridized carbons (Fsp3) is 0.353. The van der Waals surface area contributed by atoms with Crippen LogP contribution in [0.2, 0.25) is 0 Å². The van der Waals surface area contributed by atoms with Gasteiger partial charge in [0.15, 0.2) is 0 Å². The first-order valence-electron chi connectivity index (χ1n) is 14.9. The van der Waals surface area contributed by atoms with Crippen LogP contribution >= 0.6 is 0 Å². The Morgan fingerprint density at radius 2 is 1.66 bits per heavy atom. The smallest absolute Gasteiger partial charge is 0.324 e. The molecule has 4 aromatic rings. The molecular formula is C34H41N5O4S. The van der Waals surface area contributed by atoms with E-state index in [0.29, 0.717) is 24.7 Å². The maximum Gasteiger partial charge on any atom is 0.324 e. The Morgan fingerprint density at radius 3 is 2.34 bits per heavy atom. The van der Waals surface area contributed by atoms with Gasteiger partial charge in [0.1, 0.15) is 11.6 Å². The first-order chi connectivity index (χ1) is 20.9. The second-order valence-corrected chi connectivity index (χ2v) is 14.3. The van der Waals surface area contributed by atoms with Crippen LogP contribution in [0.1, 0.15) is 50.4 Å². The van der Waals surface area contributed by atoms with Gasteiger partial charge in [0.2, 0.25) is 10.0 Å². The van der Waals surface area contributed by atoms with E-state index < -0.39 is 10.0 Å². The molecule has 0 radical (unpaired) electrons. The Kier molecular flexibility index (Phi) is 9.12. The van der Waals surface area contributed by atoms with Crippen molar-refractivity contribution in [2.24, 2.45) is 5.92 Å². The highest BCUT2D eigenvalue weighted by Crippen LogP contribution is 2.30. The van der Waals surface area contributed by atoms with Crippen molar-refractivity contribution in [3.63, 3.8) is 0 Å². The minimum absolute atomic E-state index is 0.196. The largest absolute Gasteiger partial charge is 0.497 e. The number of benzene rings is 3. The van der Waals surface area contributed by atoms with Crippen LogP contribution in [0.4, 0.5) is 16.3 Å². The number of hydrogen-bond acceptors (Lipinski definition) is 5. The van der Waals surface area contributed by atoms with Crippen molar-refractivity contribution in [2.75, 3.05) is 30.8 Å². The minimum Gasteiger partial charge on any atom is -0.497 e. The van der Waals surface area contributed by atoms with Crippen molar-refractivity contribution in [2.45, 2.75) is 57.3 Å². The molecule has 0 spiro atoms. The predicted octanol–water partition coefficient (Wildman–Crippen LogP) is 6.77. The Morgan fingerprint density at radius 1 is 0.955 bits per heavy atom. The molecule has 44 heavy (non-hydrogen) atoms. The summed E-state index contributed by atoms with van der Waals surface area (Å²) in [5, 5.41) is 10.9. The molecule has 1 aliphatic rings. The second kappa shape index (κ2) is 12.8. The van der Waals surface area contributed by atoms with Crippen molar-refractivity contribution in [1.82, 2.24) is 14.1 Å². The third-order valence-corrected chi connectivity index (χ3v) is 9.92. The molecule has 0 bridgehead atoms. The van der Waals surface area contributed by atoms with E-state index in [4.69, 9.17) is 9.84 Å². The number of amides is 2. The summed E-state index contributed by atoms with van der Waals surface area (Å²) in [5.74, 6) is 1.39. The Labute approximate surface area is 260 Å². The van der Waals surface area contributed by atoms with Gasteiger partial charge in [-0.25, -0.2) is 17.9 Å². The minimum atomic E-state index is -3.60. The van der Waals surface area contributed by atoms with Gasteiger partial charge in [-0.3, -0.25) is 5.32 Å². The molecule has 232 valence electrons. The summed E-state index contributed by atoms with van der Waals surface area (Å²) >= 11 is 0. The number of urea groups is 1. The number of hydrogen-bond donors (Lipinski definition) is 2. The quantitative estimate of drug-likeness (QED) is 0.228. The third kappa shape index (κ3) is 7.14. The molecule has 0 atom stereocenters. The summed E-state index contributed by atoms with van der Waals surface area (Å²) in [6.45, 7) is 9.19. The number of ether oxygens (including phenoxy) is 1. The molecule has 0 saturated carbocycles. The molecule has 2 amide bonds. The van der Waals surface area contributed by atoms with Crippen LogP contribution in [0.15, 0.2) is 83.8 Å². The summed E-state index contributed by atoms with van der Waals surface area (Å²) in [6.07, 6.45) is 2.20. The number of piperidine rings is 1. The van der Waals surface area contributed by atoms with E-state index in [-0.39, 0.29) is 22.3 Å². The number of nitrogens with zero attached hydrogens (tertiary/aromatic N) is 3. The summed E-state index contributed by atoms with van der Waals surface area (Å²) in [5.41, 5.74) is 4.42. The topological polar surface area (TPSA) is 106 Å². The highest BCUT2D eigenvalue weighted by atomic mass is 32.2. The van der Waals surface area contributed by atoms with Gasteiger partial charge in [-0.2, -0.15) is 9.40 Å². The van der Waals surface area contributed by atoms with Crippen molar-refractivity contribution >= 4 is 27.6 Å². The lowest BCUT2D eigenvalue weighted by atomic mass is 9.90. The first-order valence-corrected chi connectivity index (χ1v) is 16.4. The van der Waals surface area contributed by atoms with Gasteiger partial charge >= 0.3 is 6.03 Å². The van der Waals surface area contributed by atoms with Crippen molar-refractivity contribution in [1.29, 1.82) is 0 Å². The number of sulfonamides is 1. The van der Waals surface area contributed by atoms with E-state index in [1.807, 2.05) is 61.5 Å². The number of aryl methyl sites for hydroxylation is 1. The van der Waals surface area contributed by atoms with Gasteiger partial charge in [0, 0.05) is 36.3 Å². The lowest BCUT2D eigenvalue weighted by Crippen LogP contribution is -2.38. The lowest BCUT2D eigenvalue weighted by Gasteiger charge is -2.31. The molecule has 1 aromatic heterocycles. The van der Waals surface area contributed by atoms with E-state index in [2.05, 4.69) is 31.4 Å². The van der Waals surface area contributed by atoms with Crippen molar-refractivity contribution in [3.8, 4) is 11.4 Å². The van der Waals surface area contributed by atoms with Crippen LogP contribution in [0.25, 0.3) is 5.69 Å². The molecule has 10 heteroatoms. The zero-order chi connectivity index (χ0) is 31.5. The van der Waals surface area contributed by atoms with Crippen LogP contribution < -0.4 is 15.4 Å². The van der Waals surface area contributed by atoms with Gasteiger partial charge in [-0.1, -0.05) is 62.7 Å². The van der Waals surface area contributed by atoms with Crippen LogP contribution in [0.3, 0.4) is 0 Å². The van der Waals surface area contributed by atoms with Gasteiger partial charge in [-0.05, 0) is 68.0 Å². The zero-order valence-corrected chi connectivity index (χ0v) is 26.8. The van der Waals surface area contributed by atoms with Crippen LogP contribution in [0.5, 0.6) is 5.75 Å². The average molecular weight is 616 g/mol. The predicted molar refractivity (Wildman–Crippen MR) is 174 cm³/mol. The summed E-state index contributed by atoms with van der Waals surface area (Å²) in [7, 11) is -2.07. The van der Waals surface area contributed by atoms with E-state index >= 15 is 0 Å². The number of nitrogens with one attached hydrogen (secondary N) is 2. The fourth-order valence-electron chi connectivity index (χ4n) is 5.39. The Hall–Kier alpha value is -4.15. The van der Waals surface area contributed by atoms with Crippen molar-refractivity contribution in [3.05, 3.63) is 95.7 Å². The van der Waals surface area contributed by atoms with Crippen LogP contribution in [0, 0.1) is 12.8 Å². The van der Waals surface area contributed by atoms with E-state index in [1.165, 1.54) is 7.11 Å². The molecule has 2 N–H and O–H groups in total. The monoisotopic (exact) mass is 615 g/mol. The number of carbonyl (C=O) groups is 1. The molecule has 0 unspecified atom stereocenters. The number of para-hydroxylation sites is 1. The lowest BCUT2D eigenvalue weighted by molar-refractivity contribution is 0.261. The molecule has 1 aliphatic heterocycles. The normalized spacial score (nSPS) is 14.8. The highest BCUT2D eigenvalue weighted by Gasteiger charge is 2.30. The molecule has 0 aliphatic carbocycles. The maximum absolute atomic E-state index is 13.3. The number of carbonyl (C=O) groups excluding carboxylic acids is 1. The molecule has 9 nitrogen and oxygen atoms in total. The molecule has 1 fully saturated rings. The third-order valence-electron chi connectivity index (χ3n) is 8.02. The zero-order valence-electron chi connectivity index (χ0n) is 26.0.